The van der Waals surface area contributed by atoms with E-state index in [0.29, 0.717) is 0 Å². The maximum absolute atomic E-state index is 3.84. The van der Waals surface area contributed by atoms with Crippen molar-refractivity contribution in [2.75, 3.05) is 5.32 Å². The van der Waals surface area contributed by atoms with E-state index in [1.165, 1.54) is 54.6 Å². The summed E-state index contributed by atoms with van der Waals surface area (Å²) >= 11 is 0. The van der Waals surface area contributed by atoms with Crippen LogP contribution < -0.4 is 5.32 Å². The number of benzene rings is 6. The van der Waals surface area contributed by atoms with Crippen molar-refractivity contribution in [2.24, 2.45) is 0 Å². The van der Waals surface area contributed by atoms with E-state index in [9.17, 15) is 0 Å². The molecule has 1 N–H and O–H groups in total. The summed E-state index contributed by atoms with van der Waals surface area (Å²) in [6.07, 6.45) is 0. The molecular formula is C31H22N2. The molecule has 2 heteroatoms. The quantitative estimate of drug-likeness (QED) is 0.282. The Labute approximate surface area is 192 Å². The average molecular weight is 423 g/mol. The van der Waals surface area contributed by atoms with Crippen molar-refractivity contribution >= 4 is 54.6 Å². The zero-order chi connectivity index (χ0) is 21.9. The summed E-state index contributed by atoms with van der Waals surface area (Å²) in [7, 11) is 0. The molecule has 0 radical (unpaired) electrons. The zero-order valence-corrected chi connectivity index (χ0v) is 18.3. The van der Waals surface area contributed by atoms with E-state index < -0.39 is 0 Å². The largest absolute Gasteiger partial charge is 0.353 e. The van der Waals surface area contributed by atoms with Crippen LogP contribution in [0.1, 0.15) is 5.69 Å². The molecule has 7 aromatic rings. The summed E-state index contributed by atoms with van der Waals surface area (Å²) in [6, 6.07) is 39.2. The van der Waals surface area contributed by atoms with Crippen LogP contribution in [0.4, 0.5) is 11.4 Å². The van der Waals surface area contributed by atoms with Gasteiger partial charge in [-0.25, -0.2) is 0 Å². The molecule has 6 aromatic carbocycles. The van der Waals surface area contributed by atoms with Crippen molar-refractivity contribution in [1.82, 2.24) is 4.57 Å². The number of anilines is 2. The summed E-state index contributed by atoms with van der Waals surface area (Å²) in [6.45, 7) is 2.20. The molecular weight excluding hydrogens is 400 g/mol. The van der Waals surface area contributed by atoms with Crippen LogP contribution in [-0.2, 0) is 0 Å². The van der Waals surface area contributed by atoms with Gasteiger partial charge in [-0.2, -0.15) is 0 Å². The molecule has 156 valence electrons. The minimum Gasteiger partial charge on any atom is -0.353 e. The van der Waals surface area contributed by atoms with Gasteiger partial charge in [0.2, 0.25) is 0 Å². The maximum atomic E-state index is 3.84. The van der Waals surface area contributed by atoms with Crippen molar-refractivity contribution in [3.8, 4) is 5.69 Å². The number of aromatic nitrogens is 1. The third kappa shape index (κ3) is 2.61. The van der Waals surface area contributed by atoms with Gasteiger partial charge in [-0.1, -0.05) is 84.9 Å². The van der Waals surface area contributed by atoms with E-state index in [-0.39, 0.29) is 0 Å². The third-order valence-corrected chi connectivity index (χ3v) is 6.91. The number of hydrogen-bond acceptors (Lipinski definition) is 1. The van der Waals surface area contributed by atoms with Gasteiger partial charge in [-0.05, 0) is 58.1 Å². The van der Waals surface area contributed by atoms with E-state index in [1.54, 1.807) is 0 Å². The van der Waals surface area contributed by atoms with Gasteiger partial charge >= 0.3 is 0 Å². The van der Waals surface area contributed by atoms with Gasteiger partial charge in [0.25, 0.3) is 0 Å². The number of nitrogens with one attached hydrogen (secondary N) is 1. The highest BCUT2D eigenvalue weighted by Gasteiger charge is 2.17. The standard InChI is InChI=1S/C31H22N2/c1-20-31(26-12-5-6-13-28(26)33(20)24-10-3-2-4-11-24)32-27-19-17-23-15-14-21-8-7-9-22-16-18-25(27)30(23)29(21)22/h2-19,32H,1H3. The molecule has 0 saturated carbocycles. The minimum atomic E-state index is 1.14. The SMILES string of the molecule is Cc1c(Nc2ccc3ccc4cccc5ccc2c3c45)c2ccccc2n1-c1ccccc1. The van der Waals surface area contributed by atoms with Crippen molar-refractivity contribution in [2.45, 2.75) is 6.92 Å². The van der Waals surface area contributed by atoms with Crippen molar-refractivity contribution in [3.63, 3.8) is 0 Å². The Balaban J connectivity index is 1.49. The van der Waals surface area contributed by atoms with Gasteiger partial charge in [0.05, 0.1) is 11.2 Å². The first-order chi connectivity index (χ1) is 16.3. The lowest BCUT2D eigenvalue weighted by Crippen LogP contribution is -1.98. The molecule has 1 aromatic heterocycles. The van der Waals surface area contributed by atoms with Crippen LogP contribution in [0.25, 0.3) is 48.9 Å². The smallest absolute Gasteiger partial charge is 0.0678 e. The molecule has 0 amide bonds. The highest BCUT2D eigenvalue weighted by molar-refractivity contribution is 6.25. The zero-order valence-electron chi connectivity index (χ0n) is 18.3. The fraction of sp³-hybridized carbons (Fsp3) is 0.0323. The fourth-order valence-corrected chi connectivity index (χ4v) is 5.41. The van der Waals surface area contributed by atoms with Gasteiger partial charge in [0.1, 0.15) is 0 Å². The van der Waals surface area contributed by atoms with Gasteiger partial charge < -0.3 is 9.88 Å². The Bertz CT molecular complexity index is 1780. The molecule has 0 aliphatic heterocycles. The molecule has 0 unspecified atom stereocenters. The van der Waals surface area contributed by atoms with E-state index in [0.717, 1.165) is 11.4 Å². The summed E-state index contributed by atoms with van der Waals surface area (Å²) in [4.78, 5) is 0. The number of fused-ring (bicyclic) bond motifs is 1. The van der Waals surface area contributed by atoms with E-state index in [1.807, 2.05) is 0 Å². The molecule has 0 bridgehead atoms. The Morgan fingerprint density at radius 1 is 0.545 bits per heavy atom. The van der Waals surface area contributed by atoms with Crippen LogP contribution in [0.3, 0.4) is 0 Å². The first-order valence-electron chi connectivity index (χ1n) is 11.4. The van der Waals surface area contributed by atoms with Crippen LogP contribution in [0.5, 0.6) is 0 Å². The monoisotopic (exact) mass is 422 g/mol. The Kier molecular flexibility index (Phi) is 3.80. The number of hydrogen-bond donors (Lipinski definition) is 1. The first kappa shape index (κ1) is 18.3. The molecule has 1 heterocycles. The van der Waals surface area contributed by atoms with E-state index >= 15 is 0 Å². The lowest BCUT2D eigenvalue weighted by molar-refractivity contribution is 1.05. The van der Waals surface area contributed by atoms with Gasteiger partial charge in [0, 0.05) is 27.8 Å². The van der Waals surface area contributed by atoms with Crippen molar-refractivity contribution in [1.29, 1.82) is 0 Å². The van der Waals surface area contributed by atoms with Crippen LogP contribution in [0.2, 0.25) is 0 Å². The highest BCUT2D eigenvalue weighted by atomic mass is 15.0. The molecule has 0 atom stereocenters. The topological polar surface area (TPSA) is 17.0 Å². The third-order valence-electron chi connectivity index (χ3n) is 6.91. The molecule has 0 aliphatic carbocycles. The second kappa shape index (κ2) is 6.85. The fourth-order valence-electron chi connectivity index (χ4n) is 5.41. The number of nitrogens with zero attached hydrogens (tertiary/aromatic N) is 1. The van der Waals surface area contributed by atoms with E-state index in [2.05, 4.69) is 126 Å². The highest BCUT2D eigenvalue weighted by Crippen LogP contribution is 2.41. The second-order valence-corrected chi connectivity index (χ2v) is 8.74. The molecule has 0 saturated heterocycles. The van der Waals surface area contributed by atoms with Gasteiger partial charge in [-0.3, -0.25) is 0 Å². The van der Waals surface area contributed by atoms with Crippen LogP contribution in [0.15, 0.2) is 109 Å². The van der Waals surface area contributed by atoms with E-state index in [4.69, 9.17) is 0 Å². The van der Waals surface area contributed by atoms with Crippen LogP contribution in [0, 0.1) is 6.92 Å². The van der Waals surface area contributed by atoms with Crippen molar-refractivity contribution in [3.05, 3.63) is 115 Å². The molecule has 2 nitrogen and oxygen atoms in total. The molecule has 7 rings (SSSR count). The Morgan fingerprint density at radius 2 is 1.21 bits per heavy atom. The maximum Gasteiger partial charge on any atom is 0.0678 e. The van der Waals surface area contributed by atoms with Crippen molar-refractivity contribution < 1.29 is 0 Å². The number of para-hydroxylation sites is 2. The molecule has 0 fully saturated rings. The average Bonchev–Trinajstić information content (AvgIpc) is 3.15. The molecule has 33 heavy (non-hydrogen) atoms. The number of rotatable bonds is 3. The summed E-state index contributed by atoms with van der Waals surface area (Å²) < 4.78 is 2.34. The normalized spacial score (nSPS) is 11.8. The summed E-state index contributed by atoms with van der Waals surface area (Å²) in [5, 5.41) is 12.9. The first-order valence-corrected chi connectivity index (χ1v) is 11.4. The lowest BCUT2D eigenvalue weighted by atomic mass is 9.93. The van der Waals surface area contributed by atoms with Gasteiger partial charge in [-0.15, -0.1) is 0 Å². The summed E-state index contributed by atoms with van der Waals surface area (Å²) in [5.74, 6) is 0. The van der Waals surface area contributed by atoms with Gasteiger partial charge in [0.15, 0.2) is 0 Å². The Hall–Kier alpha value is -4.30. The van der Waals surface area contributed by atoms with Crippen LogP contribution >= 0.6 is 0 Å². The minimum absolute atomic E-state index is 1.14. The molecule has 0 aliphatic rings. The van der Waals surface area contributed by atoms with Crippen LogP contribution in [-0.4, -0.2) is 4.57 Å². The predicted octanol–water partition coefficient (Wildman–Crippen LogP) is 8.58. The molecule has 0 spiro atoms. The summed E-state index contributed by atoms with van der Waals surface area (Å²) in [5.41, 5.74) is 5.88. The predicted molar refractivity (Wildman–Crippen MR) is 141 cm³/mol. The second-order valence-electron chi connectivity index (χ2n) is 8.74. The lowest BCUT2D eigenvalue weighted by Gasteiger charge is -2.15. The Morgan fingerprint density at radius 3 is 2.03 bits per heavy atom.